The number of rotatable bonds is 2. The Balaban J connectivity index is 3.20. The molecule has 0 spiro atoms. The third kappa shape index (κ3) is 2.01. The second-order valence-corrected chi connectivity index (χ2v) is 3.68. The molecule has 0 aliphatic rings. The lowest BCUT2D eigenvalue weighted by atomic mass is 9.99. The van der Waals surface area contributed by atoms with Crippen molar-refractivity contribution in [1.29, 1.82) is 5.41 Å². The molecule has 0 radical (unpaired) electrons. The van der Waals surface area contributed by atoms with Crippen LogP contribution in [0.2, 0.25) is 5.02 Å². The third-order valence-electron chi connectivity index (χ3n) is 1.89. The molecule has 3 N–H and O–H groups in total. The molecule has 1 aromatic carbocycles. The fourth-order valence-corrected chi connectivity index (χ4v) is 1.40. The number of nitrogen functional groups attached to an aromatic ring is 1. The average Bonchev–Trinajstić information content (AvgIpc) is 2.03. The first-order valence-corrected chi connectivity index (χ1v) is 4.54. The highest BCUT2D eigenvalue weighted by Crippen LogP contribution is 2.24. The summed E-state index contributed by atoms with van der Waals surface area (Å²) in [6, 6.07) is 5.30. The van der Waals surface area contributed by atoms with Crippen LogP contribution in [0.3, 0.4) is 0 Å². The molecule has 0 heterocycles. The van der Waals surface area contributed by atoms with Gasteiger partial charge in [0.25, 0.3) is 0 Å². The lowest BCUT2D eigenvalue weighted by Gasteiger charge is -2.11. The molecule has 0 aliphatic carbocycles. The van der Waals surface area contributed by atoms with E-state index < -0.39 is 0 Å². The molecule has 0 unspecified atom stereocenters. The van der Waals surface area contributed by atoms with Crippen molar-refractivity contribution in [2.45, 2.75) is 13.8 Å². The molecule has 1 rings (SSSR count). The Kier molecular flexibility index (Phi) is 2.94. The average molecular weight is 197 g/mol. The quantitative estimate of drug-likeness (QED) is 0.555. The molecule has 0 aliphatic heterocycles. The number of halogens is 1. The molecular formula is C10H13ClN2. The van der Waals surface area contributed by atoms with E-state index >= 15 is 0 Å². The lowest BCUT2D eigenvalue weighted by molar-refractivity contribution is 0.878. The van der Waals surface area contributed by atoms with Gasteiger partial charge in [-0.3, -0.25) is 0 Å². The van der Waals surface area contributed by atoms with E-state index in [0.29, 0.717) is 22.0 Å². The monoisotopic (exact) mass is 196 g/mol. The molecule has 70 valence electrons. The Labute approximate surface area is 83.2 Å². The Morgan fingerprint density at radius 3 is 2.54 bits per heavy atom. The third-order valence-corrected chi connectivity index (χ3v) is 2.21. The number of nitrogens with one attached hydrogen (secondary N) is 1. The number of hydrogen-bond donors (Lipinski definition) is 2. The second-order valence-electron chi connectivity index (χ2n) is 3.27. The number of benzene rings is 1. The minimum atomic E-state index is 0.141. The minimum absolute atomic E-state index is 0.141. The van der Waals surface area contributed by atoms with Crippen molar-refractivity contribution >= 4 is 23.0 Å². The SMILES string of the molecule is CC(C)C(=N)c1c(N)cccc1Cl. The Hall–Kier alpha value is -1.02. The van der Waals surface area contributed by atoms with Crippen LogP contribution >= 0.6 is 11.6 Å². The Morgan fingerprint density at radius 2 is 2.08 bits per heavy atom. The van der Waals surface area contributed by atoms with Crippen LogP contribution in [0.25, 0.3) is 0 Å². The van der Waals surface area contributed by atoms with Crippen LogP contribution in [0, 0.1) is 11.3 Å². The molecule has 0 saturated carbocycles. The van der Waals surface area contributed by atoms with Crippen molar-refractivity contribution < 1.29 is 0 Å². The zero-order valence-electron chi connectivity index (χ0n) is 7.76. The number of anilines is 1. The summed E-state index contributed by atoms with van der Waals surface area (Å²) in [5.41, 5.74) is 7.46. The van der Waals surface area contributed by atoms with Gasteiger partial charge in [-0.15, -0.1) is 0 Å². The summed E-state index contributed by atoms with van der Waals surface area (Å²) in [5, 5.41) is 8.36. The molecule has 0 fully saturated rings. The molecule has 1 aromatic rings. The van der Waals surface area contributed by atoms with Crippen molar-refractivity contribution in [1.82, 2.24) is 0 Å². The summed E-state index contributed by atoms with van der Waals surface area (Å²) in [6.45, 7) is 3.90. The summed E-state index contributed by atoms with van der Waals surface area (Å²) >= 11 is 5.95. The van der Waals surface area contributed by atoms with E-state index in [4.69, 9.17) is 22.7 Å². The molecule has 0 bridgehead atoms. The predicted molar refractivity (Wildman–Crippen MR) is 57.5 cm³/mol. The maximum absolute atomic E-state index is 7.80. The van der Waals surface area contributed by atoms with Gasteiger partial charge < -0.3 is 11.1 Å². The second kappa shape index (κ2) is 3.79. The van der Waals surface area contributed by atoms with Gasteiger partial charge in [-0.2, -0.15) is 0 Å². The van der Waals surface area contributed by atoms with Crippen molar-refractivity contribution in [2.75, 3.05) is 5.73 Å². The van der Waals surface area contributed by atoms with Gasteiger partial charge in [-0.05, 0) is 18.1 Å². The summed E-state index contributed by atoms with van der Waals surface area (Å²) in [4.78, 5) is 0. The highest BCUT2D eigenvalue weighted by molar-refractivity contribution is 6.35. The van der Waals surface area contributed by atoms with Gasteiger partial charge in [0.2, 0.25) is 0 Å². The first-order chi connectivity index (χ1) is 6.04. The van der Waals surface area contributed by atoms with E-state index in [1.165, 1.54) is 0 Å². The predicted octanol–water partition coefficient (Wildman–Crippen LogP) is 2.95. The standard InChI is InChI=1S/C10H13ClN2/c1-6(2)10(13)9-7(11)4-3-5-8(9)12/h3-6,13H,12H2,1-2H3. The summed E-state index contributed by atoms with van der Waals surface area (Å²) < 4.78 is 0. The topological polar surface area (TPSA) is 49.9 Å². The van der Waals surface area contributed by atoms with Crippen molar-refractivity contribution in [3.63, 3.8) is 0 Å². The van der Waals surface area contributed by atoms with E-state index in [0.717, 1.165) is 0 Å². The Bertz CT molecular complexity index is 311. The van der Waals surface area contributed by atoms with Crippen LogP contribution in [0.15, 0.2) is 18.2 Å². The van der Waals surface area contributed by atoms with Crippen molar-refractivity contribution in [2.24, 2.45) is 5.92 Å². The molecule has 0 saturated heterocycles. The molecule has 3 heteroatoms. The molecule has 2 nitrogen and oxygen atoms in total. The zero-order chi connectivity index (χ0) is 10.0. The smallest absolute Gasteiger partial charge is 0.0517 e. The van der Waals surface area contributed by atoms with Crippen molar-refractivity contribution in [3.8, 4) is 0 Å². The number of nitrogens with two attached hydrogens (primary N) is 1. The lowest BCUT2D eigenvalue weighted by Crippen LogP contribution is -2.10. The molecule has 0 aromatic heterocycles. The van der Waals surface area contributed by atoms with Crippen molar-refractivity contribution in [3.05, 3.63) is 28.8 Å². The summed E-state index contributed by atoms with van der Waals surface area (Å²) in [6.07, 6.45) is 0. The van der Waals surface area contributed by atoms with Crippen LogP contribution in [0.5, 0.6) is 0 Å². The van der Waals surface area contributed by atoms with E-state index in [1.54, 1.807) is 18.2 Å². The van der Waals surface area contributed by atoms with E-state index in [1.807, 2.05) is 13.8 Å². The van der Waals surface area contributed by atoms with Crippen LogP contribution < -0.4 is 5.73 Å². The zero-order valence-corrected chi connectivity index (χ0v) is 8.52. The first kappa shape index (κ1) is 10.1. The maximum atomic E-state index is 7.80. The van der Waals surface area contributed by atoms with E-state index in [2.05, 4.69) is 0 Å². The van der Waals surface area contributed by atoms with Gasteiger partial charge in [0.1, 0.15) is 0 Å². The molecule has 0 amide bonds. The van der Waals surface area contributed by atoms with Gasteiger partial charge >= 0.3 is 0 Å². The first-order valence-electron chi connectivity index (χ1n) is 4.17. The summed E-state index contributed by atoms with van der Waals surface area (Å²) in [7, 11) is 0. The highest BCUT2D eigenvalue weighted by atomic mass is 35.5. The number of hydrogen-bond acceptors (Lipinski definition) is 2. The van der Waals surface area contributed by atoms with E-state index in [9.17, 15) is 0 Å². The van der Waals surface area contributed by atoms with Crippen LogP contribution in [0.1, 0.15) is 19.4 Å². The normalized spacial score (nSPS) is 10.5. The minimum Gasteiger partial charge on any atom is -0.398 e. The molecule has 13 heavy (non-hydrogen) atoms. The fraction of sp³-hybridized carbons (Fsp3) is 0.300. The van der Waals surface area contributed by atoms with Gasteiger partial charge in [-0.25, -0.2) is 0 Å². The van der Waals surface area contributed by atoms with Gasteiger partial charge in [0, 0.05) is 17.0 Å². The molecular weight excluding hydrogens is 184 g/mol. The highest BCUT2D eigenvalue weighted by Gasteiger charge is 2.12. The Morgan fingerprint density at radius 1 is 1.46 bits per heavy atom. The summed E-state index contributed by atoms with van der Waals surface area (Å²) in [5.74, 6) is 0.141. The van der Waals surface area contributed by atoms with Gasteiger partial charge in [-0.1, -0.05) is 31.5 Å². The van der Waals surface area contributed by atoms with Crippen LogP contribution in [-0.2, 0) is 0 Å². The van der Waals surface area contributed by atoms with Crippen LogP contribution in [-0.4, -0.2) is 5.71 Å². The van der Waals surface area contributed by atoms with Gasteiger partial charge in [0.05, 0.1) is 5.02 Å². The largest absolute Gasteiger partial charge is 0.398 e. The maximum Gasteiger partial charge on any atom is 0.0517 e. The fourth-order valence-electron chi connectivity index (χ4n) is 1.11. The van der Waals surface area contributed by atoms with Crippen LogP contribution in [0.4, 0.5) is 5.69 Å². The van der Waals surface area contributed by atoms with Gasteiger partial charge in [0.15, 0.2) is 0 Å². The van der Waals surface area contributed by atoms with E-state index in [-0.39, 0.29) is 5.92 Å². The molecule has 0 atom stereocenters.